The summed E-state index contributed by atoms with van der Waals surface area (Å²) in [5, 5.41) is 2.77. The Balaban J connectivity index is 2.29. The normalized spacial score (nSPS) is 15.9. The van der Waals surface area contributed by atoms with Gasteiger partial charge in [-0.15, -0.1) is 0 Å². The quantitative estimate of drug-likeness (QED) is 0.631. The van der Waals surface area contributed by atoms with Gasteiger partial charge in [-0.2, -0.15) is 0 Å². The highest BCUT2D eigenvalue weighted by molar-refractivity contribution is 6.23. The zero-order valence-electron chi connectivity index (χ0n) is 12.6. The molecule has 0 fully saturated rings. The number of carbonyl (C=O) groups excluding carboxylic acids is 3. The lowest BCUT2D eigenvalue weighted by molar-refractivity contribution is -0.125. The number of amides is 3. The van der Waals surface area contributed by atoms with Crippen molar-refractivity contribution in [1.82, 2.24) is 10.2 Å². The van der Waals surface area contributed by atoms with Gasteiger partial charge in [-0.3, -0.25) is 19.3 Å². The summed E-state index contributed by atoms with van der Waals surface area (Å²) < 4.78 is 0. The first-order chi connectivity index (χ1) is 9.61. The molecule has 0 spiro atoms. The molecule has 3 N–H and O–H groups in total. The van der Waals surface area contributed by atoms with E-state index in [0.29, 0.717) is 5.69 Å². The van der Waals surface area contributed by atoms with Gasteiger partial charge in [0, 0.05) is 11.2 Å². The Morgan fingerprint density at radius 2 is 1.76 bits per heavy atom. The first kappa shape index (κ1) is 15.0. The largest absolute Gasteiger partial charge is 0.399 e. The average Bonchev–Trinajstić information content (AvgIpc) is 2.58. The molecule has 1 unspecified atom stereocenters. The molecule has 0 bridgehead atoms. The fourth-order valence-corrected chi connectivity index (χ4v) is 2.22. The summed E-state index contributed by atoms with van der Waals surface area (Å²) in [5.41, 5.74) is 6.14. The molecule has 1 atom stereocenters. The number of nitrogens with two attached hydrogens (primary N) is 1. The van der Waals surface area contributed by atoms with E-state index in [2.05, 4.69) is 5.32 Å². The number of hydrogen-bond donors (Lipinski definition) is 2. The summed E-state index contributed by atoms with van der Waals surface area (Å²) in [6, 6.07) is 3.66. The van der Waals surface area contributed by atoms with E-state index in [4.69, 9.17) is 5.73 Å². The standard InChI is InChI=1S/C15H19N3O3/c1-8(12(19)17-15(2,3)4)18-13(20)10-6-5-9(16)7-11(10)14(18)21/h5-8H,16H2,1-4H3,(H,17,19). The second-order valence-corrected chi connectivity index (χ2v) is 6.20. The van der Waals surface area contributed by atoms with Crippen LogP contribution in [-0.2, 0) is 4.79 Å². The predicted octanol–water partition coefficient (Wildman–Crippen LogP) is 1.17. The number of hydrogen-bond acceptors (Lipinski definition) is 4. The maximum absolute atomic E-state index is 12.3. The van der Waals surface area contributed by atoms with Crippen molar-refractivity contribution in [2.45, 2.75) is 39.3 Å². The van der Waals surface area contributed by atoms with Crippen LogP contribution in [0.2, 0.25) is 0 Å². The molecule has 1 heterocycles. The SMILES string of the molecule is CC(C(=O)NC(C)(C)C)N1C(=O)c2ccc(N)cc2C1=O. The van der Waals surface area contributed by atoms with Crippen molar-refractivity contribution in [3.05, 3.63) is 29.3 Å². The van der Waals surface area contributed by atoms with Crippen molar-refractivity contribution >= 4 is 23.4 Å². The second kappa shape index (κ2) is 4.87. The van der Waals surface area contributed by atoms with Crippen LogP contribution in [0.5, 0.6) is 0 Å². The van der Waals surface area contributed by atoms with Crippen LogP contribution in [0.15, 0.2) is 18.2 Å². The zero-order chi connectivity index (χ0) is 15.9. The van der Waals surface area contributed by atoms with Crippen LogP contribution in [0.3, 0.4) is 0 Å². The molecule has 6 heteroatoms. The minimum atomic E-state index is -0.877. The summed E-state index contributed by atoms with van der Waals surface area (Å²) in [7, 11) is 0. The molecule has 1 aromatic rings. The molecule has 2 rings (SSSR count). The van der Waals surface area contributed by atoms with Crippen LogP contribution in [0.4, 0.5) is 5.69 Å². The monoisotopic (exact) mass is 289 g/mol. The Hall–Kier alpha value is -2.37. The van der Waals surface area contributed by atoms with Crippen molar-refractivity contribution in [2.24, 2.45) is 0 Å². The van der Waals surface area contributed by atoms with E-state index in [1.165, 1.54) is 19.1 Å². The number of nitrogens with zero attached hydrogens (tertiary/aromatic N) is 1. The van der Waals surface area contributed by atoms with Crippen molar-refractivity contribution in [3.63, 3.8) is 0 Å². The molecule has 6 nitrogen and oxygen atoms in total. The second-order valence-electron chi connectivity index (χ2n) is 6.20. The highest BCUT2D eigenvalue weighted by atomic mass is 16.2. The van der Waals surface area contributed by atoms with E-state index in [1.54, 1.807) is 6.07 Å². The van der Waals surface area contributed by atoms with Gasteiger partial charge in [-0.1, -0.05) is 0 Å². The van der Waals surface area contributed by atoms with Gasteiger partial charge in [0.15, 0.2) is 0 Å². The molecule has 0 saturated heterocycles. The third-order valence-electron chi connectivity index (χ3n) is 3.21. The van der Waals surface area contributed by atoms with E-state index in [-0.39, 0.29) is 17.0 Å². The number of benzene rings is 1. The van der Waals surface area contributed by atoms with E-state index in [1.807, 2.05) is 20.8 Å². The van der Waals surface area contributed by atoms with Crippen molar-refractivity contribution in [2.75, 3.05) is 5.73 Å². The molecule has 0 radical (unpaired) electrons. The summed E-state index contributed by atoms with van der Waals surface area (Å²) in [5.74, 6) is -1.32. The Bertz CT molecular complexity index is 632. The molecule has 0 aromatic heterocycles. The summed E-state index contributed by atoms with van der Waals surface area (Å²) in [4.78, 5) is 37.8. The minimum absolute atomic E-state index is 0.246. The first-order valence-electron chi connectivity index (χ1n) is 6.71. The van der Waals surface area contributed by atoms with E-state index in [9.17, 15) is 14.4 Å². The summed E-state index contributed by atoms with van der Waals surface area (Å²) >= 11 is 0. The Kier molecular flexibility index (Phi) is 3.49. The van der Waals surface area contributed by atoms with Gasteiger partial charge in [0.2, 0.25) is 5.91 Å². The van der Waals surface area contributed by atoms with E-state index < -0.39 is 23.4 Å². The summed E-state index contributed by atoms with van der Waals surface area (Å²) in [6.07, 6.45) is 0. The molecule has 112 valence electrons. The molecule has 3 amide bonds. The third-order valence-corrected chi connectivity index (χ3v) is 3.21. The lowest BCUT2D eigenvalue weighted by Crippen LogP contribution is -2.52. The number of nitrogens with one attached hydrogen (secondary N) is 1. The fraction of sp³-hybridized carbons (Fsp3) is 0.400. The molecule has 1 aliphatic heterocycles. The average molecular weight is 289 g/mol. The molecule has 0 saturated carbocycles. The smallest absolute Gasteiger partial charge is 0.262 e. The zero-order valence-corrected chi connectivity index (χ0v) is 12.6. The van der Waals surface area contributed by atoms with Crippen LogP contribution in [0.1, 0.15) is 48.4 Å². The molecule has 1 aliphatic rings. The highest BCUT2D eigenvalue weighted by Gasteiger charge is 2.41. The van der Waals surface area contributed by atoms with Crippen LogP contribution in [0.25, 0.3) is 0 Å². The molecule has 0 aliphatic carbocycles. The number of carbonyl (C=O) groups is 3. The van der Waals surface area contributed by atoms with Crippen LogP contribution in [-0.4, -0.2) is 34.2 Å². The molecule has 21 heavy (non-hydrogen) atoms. The van der Waals surface area contributed by atoms with Gasteiger partial charge in [0.1, 0.15) is 6.04 Å². The number of fused-ring (bicyclic) bond motifs is 1. The maximum atomic E-state index is 12.3. The number of anilines is 1. The molecular weight excluding hydrogens is 270 g/mol. The van der Waals surface area contributed by atoms with Crippen LogP contribution >= 0.6 is 0 Å². The Morgan fingerprint density at radius 3 is 2.33 bits per heavy atom. The maximum Gasteiger partial charge on any atom is 0.262 e. The lowest BCUT2D eigenvalue weighted by atomic mass is 10.1. The van der Waals surface area contributed by atoms with Gasteiger partial charge in [0.25, 0.3) is 11.8 Å². The van der Waals surface area contributed by atoms with Crippen molar-refractivity contribution < 1.29 is 14.4 Å². The van der Waals surface area contributed by atoms with E-state index >= 15 is 0 Å². The van der Waals surface area contributed by atoms with Crippen molar-refractivity contribution in [3.8, 4) is 0 Å². The van der Waals surface area contributed by atoms with Crippen molar-refractivity contribution in [1.29, 1.82) is 0 Å². The van der Waals surface area contributed by atoms with Gasteiger partial charge >= 0.3 is 0 Å². The van der Waals surface area contributed by atoms with Gasteiger partial charge in [-0.25, -0.2) is 0 Å². The minimum Gasteiger partial charge on any atom is -0.399 e. The Labute approximate surface area is 123 Å². The number of imide groups is 1. The lowest BCUT2D eigenvalue weighted by Gasteiger charge is -2.27. The third kappa shape index (κ3) is 2.74. The molecule has 1 aromatic carbocycles. The topological polar surface area (TPSA) is 92.5 Å². The molecular formula is C15H19N3O3. The first-order valence-corrected chi connectivity index (χ1v) is 6.71. The van der Waals surface area contributed by atoms with Gasteiger partial charge < -0.3 is 11.1 Å². The van der Waals surface area contributed by atoms with Crippen LogP contribution in [0, 0.1) is 0 Å². The van der Waals surface area contributed by atoms with Crippen LogP contribution < -0.4 is 11.1 Å². The Morgan fingerprint density at radius 1 is 1.19 bits per heavy atom. The van der Waals surface area contributed by atoms with E-state index in [0.717, 1.165) is 4.90 Å². The fourth-order valence-electron chi connectivity index (χ4n) is 2.22. The number of nitrogen functional groups attached to an aromatic ring is 1. The number of rotatable bonds is 2. The van der Waals surface area contributed by atoms with Gasteiger partial charge in [-0.05, 0) is 45.9 Å². The summed E-state index contributed by atoms with van der Waals surface area (Å²) in [6.45, 7) is 7.04. The predicted molar refractivity (Wildman–Crippen MR) is 78.7 cm³/mol. The van der Waals surface area contributed by atoms with Gasteiger partial charge in [0.05, 0.1) is 11.1 Å². The highest BCUT2D eigenvalue weighted by Crippen LogP contribution is 2.26.